The van der Waals surface area contributed by atoms with E-state index in [2.05, 4.69) is 163 Å². The van der Waals surface area contributed by atoms with E-state index in [4.69, 9.17) is 4.42 Å². The summed E-state index contributed by atoms with van der Waals surface area (Å²) in [6.07, 6.45) is 0. The van der Waals surface area contributed by atoms with E-state index in [1.54, 1.807) is 0 Å². The molecule has 8 aromatic carbocycles. The van der Waals surface area contributed by atoms with E-state index < -0.39 is 0 Å². The normalized spacial score (nSPS) is 11.9. The molecule has 2 heterocycles. The van der Waals surface area contributed by atoms with E-state index in [1.165, 1.54) is 52.8 Å². The number of para-hydroxylation sites is 3. The van der Waals surface area contributed by atoms with Crippen molar-refractivity contribution in [2.24, 2.45) is 0 Å². The highest BCUT2D eigenvalue weighted by atomic mass is 32.1. The number of rotatable bonds is 4. The molecule has 0 aliphatic carbocycles. The molecule has 0 amide bonds. The van der Waals surface area contributed by atoms with Gasteiger partial charge in [-0.05, 0) is 59.0 Å². The molecule has 226 valence electrons. The van der Waals surface area contributed by atoms with Crippen LogP contribution in [0.15, 0.2) is 162 Å². The van der Waals surface area contributed by atoms with Crippen molar-refractivity contribution in [3.05, 3.63) is 163 Å². The maximum absolute atomic E-state index is 6.66. The molecule has 0 atom stereocenters. The van der Waals surface area contributed by atoms with Gasteiger partial charge in [-0.25, -0.2) is 0 Å². The molecule has 0 radical (unpaired) electrons. The maximum atomic E-state index is 6.66. The second kappa shape index (κ2) is 10.6. The molecular formula is C45H29NOS. The molecule has 48 heavy (non-hydrogen) atoms. The molecule has 0 saturated heterocycles. The van der Waals surface area contributed by atoms with Crippen molar-refractivity contribution in [3.8, 4) is 11.1 Å². The van der Waals surface area contributed by atoms with Gasteiger partial charge in [-0.2, -0.15) is 0 Å². The largest absolute Gasteiger partial charge is 0.454 e. The van der Waals surface area contributed by atoms with E-state index in [-0.39, 0.29) is 0 Å². The predicted octanol–water partition coefficient (Wildman–Crippen LogP) is 13.7. The smallest absolute Gasteiger partial charge is 0.159 e. The van der Waals surface area contributed by atoms with Gasteiger partial charge in [0.1, 0.15) is 5.58 Å². The van der Waals surface area contributed by atoms with Crippen molar-refractivity contribution in [2.45, 2.75) is 6.92 Å². The first kappa shape index (κ1) is 27.2. The first-order chi connectivity index (χ1) is 23.7. The van der Waals surface area contributed by atoms with Crippen LogP contribution in [0.1, 0.15) is 5.56 Å². The highest BCUT2D eigenvalue weighted by Gasteiger charge is 2.23. The number of hydrogen-bond donors (Lipinski definition) is 0. The summed E-state index contributed by atoms with van der Waals surface area (Å²) in [7, 11) is 0. The summed E-state index contributed by atoms with van der Waals surface area (Å²) >= 11 is 1.89. The Balaban J connectivity index is 1.28. The van der Waals surface area contributed by atoms with E-state index in [0.29, 0.717) is 0 Å². The van der Waals surface area contributed by atoms with E-state index in [9.17, 15) is 0 Å². The van der Waals surface area contributed by atoms with Gasteiger partial charge in [0, 0.05) is 47.6 Å². The Kier molecular flexibility index (Phi) is 5.99. The lowest BCUT2D eigenvalue weighted by molar-refractivity contribution is 0.669. The van der Waals surface area contributed by atoms with Crippen LogP contribution in [0.2, 0.25) is 0 Å². The first-order valence-corrected chi connectivity index (χ1v) is 17.2. The average Bonchev–Trinajstić information content (AvgIpc) is 3.72. The zero-order chi connectivity index (χ0) is 31.8. The molecule has 0 spiro atoms. The summed E-state index contributed by atoms with van der Waals surface area (Å²) < 4.78 is 9.26. The van der Waals surface area contributed by atoms with Crippen LogP contribution in [0, 0.1) is 6.92 Å². The average molecular weight is 632 g/mol. The van der Waals surface area contributed by atoms with Crippen molar-refractivity contribution in [3.63, 3.8) is 0 Å². The fourth-order valence-electron chi connectivity index (χ4n) is 7.54. The monoisotopic (exact) mass is 631 g/mol. The molecule has 10 rings (SSSR count). The summed E-state index contributed by atoms with van der Waals surface area (Å²) in [6.45, 7) is 2.18. The van der Waals surface area contributed by atoms with Crippen molar-refractivity contribution < 1.29 is 4.42 Å². The van der Waals surface area contributed by atoms with Gasteiger partial charge in [-0.15, -0.1) is 11.3 Å². The van der Waals surface area contributed by atoms with Gasteiger partial charge >= 0.3 is 0 Å². The molecule has 0 aliphatic rings. The molecule has 10 aromatic rings. The Bertz CT molecular complexity index is 2860. The summed E-state index contributed by atoms with van der Waals surface area (Å²) in [5.74, 6) is 0. The highest BCUT2D eigenvalue weighted by Crippen LogP contribution is 2.49. The molecule has 0 N–H and O–H groups in total. The topological polar surface area (TPSA) is 16.4 Å². The van der Waals surface area contributed by atoms with Crippen molar-refractivity contribution in [2.75, 3.05) is 4.90 Å². The van der Waals surface area contributed by atoms with Crippen LogP contribution in [0.25, 0.3) is 74.8 Å². The maximum Gasteiger partial charge on any atom is 0.159 e. The third kappa shape index (κ3) is 4.05. The highest BCUT2D eigenvalue weighted by molar-refractivity contribution is 7.27. The SMILES string of the molecule is Cc1ccc2c(c1)c1ccccc1c1c3ccc(N(c4ccccc4-c4ccccc4)c4cccc5c4oc4ccccc45)cc3sc21. The molecule has 3 heteroatoms. The molecule has 0 bridgehead atoms. The fraction of sp³-hybridized carbons (Fsp3) is 0.0222. The quantitative estimate of drug-likeness (QED) is 0.180. The first-order valence-electron chi connectivity index (χ1n) is 16.4. The standard InChI is InChI=1S/C45H29NOS/c1-28-22-24-36-38(26-28)32-15-5-6-17-34(32)43-37-25-23-30(27-42(37)48-45(36)43)46(39-19-9-7-14-31(39)29-12-3-2-4-13-29)40-20-11-18-35-33-16-8-10-21-41(33)47-44(35)40/h2-27H,1H3. The minimum absolute atomic E-state index is 0.880. The summed E-state index contributed by atoms with van der Waals surface area (Å²) in [4.78, 5) is 2.39. The van der Waals surface area contributed by atoms with Crippen LogP contribution in [-0.4, -0.2) is 0 Å². The third-order valence-corrected chi connectivity index (χ3v) is 10.9. The van der Waals surface area contributed by atoms with E-state index >= 15 is 0 Å². The lowest BCUT2D eigenvalue weighted by Gasteiger charge is -2.28. The van der Waals surface area contributed by atoms with Crippen molar-refractivity contribution in [1.29, 1.82) is 0 Å². The molecule has 0 fully saturated rings. The second-order valence-electron chi connectivity index (χ2n) is 12.6. The number of hydrogen-bond acceptors (Lipinski definition) is 3. The number of anilines is 3. The number of fused-ring (bicyclic) bond motifs is 11. The van der Waals surface area contributed by atoms with Crippen LogP contribution in [0.5, 0.6) is 0 Å². The number of nitrogens with zero attached hydrogens (tertiary/aromatic N) is 1. The van der Waals surface area contributed by atoms with Gasteiger partial charge in [0.25, 0.3) is 0 Å². The van der Waals surface area contributed by atoms with Crippen LogP contribution in [0.4, 0.5) is 17.1 Å². The Labute approximate surface area is 281 Å². The van der Waals surface area contributed by atoms with Crippen molar-refractivity contribution in [1.82, 2.24) is 0 Å². The zero-order valence-corrected chi connectivity index (χ0v) is 27.1. The van der Waals surface area contributed by atoms with Crippen molar-refractivity contribution >= 4 is 92.1 Å². The Morgan fingerprint density at radius 2 is 1.21 bits per heavy atom. The van der Waals surface area contributed by atoms with Gasteiger partial charge in [0.05, 0.1) is 11.4 Å². The molecule has 0 saturated carbocycles. The van der Waals surface area contributed by atoms with Gasteiger partial charge in [0.15, 0.2) is 5.58 Å². The number of furan rings is 1. The molecule has 0 unspecified atom stereocenters. The Morgan fingerprint density at radius 3 is 2.10 bits per heavy atom. The van der Waals surface area contributed by atoms with Crippen LogP contribution < -0.4 is 4.90 Å². The minimum Gasteiger partial charge on any atom is -0.454 e. The molecule has 2 aromatic heterocycles. The summed E-state index contributed by atoms with van der Waals surface area (Å²) in [5.41, 5.74) is 8.59. The molecule has 0 aliphatic heterocycles. The van der Waals surface area contributed by atoms with Crippen LogP contribution in [0.3, 0.4) is 0 Å². The fourth-order valence-corrected chi connectivity index (χ4v) is 8.83. The summed E-state index contributed by atoms with van der Waals surface area (Å²) in [5, 5.41) is 10.1. The van der Waals surface area contributed by atoms with Gasteiger partial charge < -0.3 is 9.32 Å². The lowest BCUT2D eigenvalue weighted by atomic mass is 9.96. The molecule has 2 nitrogen and oxygen atoms in total. The van der Waals surface area contributed by atoms with Crippen LogP contribution >= 0.6 is 11.3 Å². The number of aryl methyl sites for hydroxylation is 1. The third-order valence-electron chi connectivity index (χ3n) is 9.69. The van der Waals surface area contributed by atoms with E-state index in [0.717, 1.165) is 44.6 Å². The molecular weight excluding hydrogens is 603 g/mol. The van der Waals surface area contributed by atoms with Crippen LogP contribution in [-0.2, 0) is 0 Å². The predicted molar refractivity (Wildman–Crippen MR) is 206 cm³/mol. The van der Waals surface area contributed by atoms with Gasteiger partial charge in [0.2, 0.25) is 0 Å². The zero-order valence-electron chi connectivity index (χ0n) is 26.3. The number of benzene rings is 8. The lowest BCUT2D eigenvalue weighted by Crippen LogP contribution is -2.11. The summed E-state index contributed by atoms with van der Waals surface area (Å²) in [6, 6.07) is 56.9. The Morgan fingerprint density at radius 1 is 0.500 bits per heavy atom. The Hall–Kier alpha value is -5.90. The van der Waals surface area contributed by atoms with Gasteiger partial charge in [-0.1, -0.05) is 133 Å². The second-order valence-corrected chi connectivity index (χ2v) is 13.6. The number of thiophene rings is 1. The van der Waals surface area contributed by atoms with E-state index in [1.807, 2.05) is 17.4 Å². The minimum atomic E-state index is 0.880. The van der Waals surface area contributed by atoms with Gasteiger partial charge in [-0.3, -0.25) is 0 Å².